The molecule has 4 nitrogen and oxygen atoms in total. The average molecular weight is 413 g/mol. The molecule has 0 saturated heterocycles. The smallest absolute Gasteiger partial charge is 0.305 e. The Labute approximate surface area is 173 Å². The van der Waals surface area contributed by atoms with Crippen LogP contribution < -0.4 is 0 Å². The second-order valence-electron chi connectivity index (χ2n) is 7.11. The first-order valence-electron chi connectivity index (χ1n) is 9.73. The van der Waals surface area contributed by atoms with E-state index < -0.39 is 0 Å². The molecule has 0 fully saturated rings. The molecular weight excluding hydrogens is 388 g/mol. The molecule has 1 aliphatic rings. The fourth-order valence-electron chi connectivity index (χ4n) is 3.85. The van der Waals surface area contributed by atoms with E-state index in [9.17, 15) is 4.79 Å². The fraction of sp³-hybridized carbons (Fsp3) is 0.409. The first-order chi connectivity index (χ1) is 13.7. The van der Waals surface area contributed by atoms with Gasteiger partial charge in [-0.15, -0.1) is 23.1 Å². The molecule has 0 radical (unpaired) electrons. The number of aromatic nitrogens is 2. The highest BCUT2D eigenvalue weighted by molar-refractivity contribution is 7.99. The highest BCUT2D eigenvalue weighted by Crippen LogP contribution is 2.42. The van der Waals surface area contributed by atoms with E-state index in [1.54, 1.807) is 29.4 Å². The lowest BCUT2D eigenvalue weighted by molar-refractivity contribution is -0.140. The summed E-state index contributed by atoms with van der Waals surface area (Å²) in [6, 6.07) is 6.94. The van der Waals surface area contributed by atoms with Crippen LogP contribution in [0.5, 0.6) is 0 Å². The van der Waals surface area contributed by atoms with Gasteiger partial charge in [-0.05, 0) is 55.7 Å². The van der Waals surface area contributed by atoms with Gasteiger partial charge in [-0.25, -0.2) is 9.97 Å². The summed E-state index contributed by atoms with van der Waals surface area (Å²) in [6.45, 7) is 2.17. The average Bonchev–Trinajstić information content (AvgIpc) is 3.07. The van der Waals surface area contributed by atoms with E-state index in [4.69, 9.17) is 4.74 Å². The zero-order valence-electron chi connectivity index (χ0n) is 16.3. The van der Waals surface area contributed by atoms with Gasteiger partial charge in [-0.1, -0.05) is 18.2 Å². The molecule has 0 atom stereocenters. The summed E-state index contributed by atoms with van der Waals surface area (Å²) in [5.41, 5.74) is 5.53. The number of thioether (sulfide) groups is 1. The highest BCUT2D eigenvalue weighted by Gasteiger charge is 2.19. The quantitative estimate of drug-likeness (QED) is 0.229. The lowest BCUT2D eigenvalue weighted by Crippen LogP contribution is -2.02. The number of rotatable bonds is 6. The number of nitrogens with zero attached hydrogens (tertiary/aromatic N) is 2. The van der Waals surface area contributed by atoms with Crippen LogP contribution in [0.4, 0.5) is 0 Å². The minimum Gasteiger partial charge on any atom is -0.469 e. The molecule has 1 aromatic carbocycles. The van der Waals surface area contributed by atoms with E-state index in [1.807, 2.05) is 0 Å². The highest BCUT2D eigenvalue weighted by atomic mass is 32.2. The first kappa shape index (κ1) is 19.4. The second kappa shape index (κ2) is 8.62. The van der Waals surface area contributed by atoms with Gasteiger partial charge in [0.15, 0.2) is 0 Å². The van der Waals surface area contributed by atoms with E-state index in [1.165, 1.54) is 59.9 Å². The van der Waals surface area contributed by atoms with Crippen molar-refractivity contribution in [3.05, 3.63) is 40.5 Å². The largest absolute Gasteiger partial charge is 0.469 e. The Balaban J connectivity index is 1.67. The van der Waals surface area contributed by atoms with Crippen LogP contribution >= 0.6 is 23.1 Å². The Bertz CT molecular complexity index is 1010. The van der Waals surface area contributed by atoms with E-state index in [0.29, 0.717) is 6.42 Å². The van der Waals surface area contributed by atoms with E-state index in [0.717, 1.165) is 27.4 Å². The molecule has 1 aliphatic carbocycles. The third-order valence-electron chi connectivity index (χ3n) is 5.26. The van der Waals surface area contributed by atoms with Crippen molar-refractivity contribution >= 4 is 39.3 Å². The first-order valence-corrected chi connectivity index (χ1v) is 11.5. The monoisotopic (exact) mass is 412 g/mol. The molecule has 0 bridgehead atoms. The van der Waals surface area contributed by atoms with Gasteiger partial charge in [0.1, 0.15) is 16.2 Å². The lowest BCUT2D eigenvalue weighted by atomic mass is 9.89. The number of thiophene rings is 1. The van der Waals surface area contributed by atoms with Gasteiger partial charge < -0.3 is 4.74 Å². The molecule has 0 aliphatic heterocycles. The van der Waals surface area contributed by atoms with Gasteiger partial charge in [0.2, 0.25) is 0 Å². The molecule has 28 heavy (non-hydrogen) atoms. The molecular formula is C22H24N2O2S2. The van der Waals surface area contributed by atoms with E-state index >= 15 is 0 Å². The maximum absolute atomic E-state index is 11.3. The van der Waals surface area contributed by atoms with Crippen molar-refractivity contribution in [3.8, 4) is 11.1 Å². The number of hydrogen-bond acceptors (Lipinski definition) is 6. The molecule has 0 saturated carbocycles. The number of carbonyl (C=O) groups excluding carboxylic acids is 1. The van der Waals surface area contributed by atoms with Gasteiger partial charge in [0, 0.05) is 22.6 Å². The van der Waals surface area contributed by atoms with Crippen LogP contribution in [0.25, 0.3) is 21.3 Å². The SMILES string of the molecule is COC(=O)CCCSc1ncnc2sc(C)c(-c3ccc4c(c3)CCCC4)c12. The van der Waals surface area contributed by atoms with Crippen molar-refractivity contribution in [2.45, 2.75) is 50.5 Å². The molecule has 3 aromatic rings. The van der Waals surface area contributed by atoms with Gasteiger partial charge in [0.25, 0.3) is 0 Å². The number of carbonyl (C=O) groups is 1. The second-order valence-corrected chi connectivity index (χ2v) is 9.40. The standard InChI is InChI=1S/C22H24N2O2S2/c1-14-19(17-10-9-15-6-3-4-7-16(15)12-17)20-21(23-13-24-22(20)28-14)27-11-5-8-18(25)26-2/h9-10,12-13H,3-8,11H2,1-2H3. The predicted octanol–water partition coefficient (Wildman–Crippen LogP) is 5.59. The number of fused-ring (bicyclic) bond motifs is 2. The van der Waals surface area contributed by atoms with Crippen molar-refractivity contribution in [2.75, 3.05) is 12.9 Å². The van der Waals surface area contributed by atoms with Crippen LogP contribution in [0.3, 0.4) is 0 Å². The Morgan fingerprint density at radius 2 is 2.04 bits per heavy atom. The molecule has 2 heterocycles. The van der Waals surface area contributed by atoms with Crippen molar-refractivity contribution < 1.29 is 9.53 Å². The molecule has 0 unspecified atom stereocenters. The Hall–Kier alpha value is -1.92. The van der Waals surface area contributed by atoms with Crippen molar-refractivity contribution in [2.24, 2.45) is 0 Å². The van der Waals surface area contributed by atoms with Crippen LogP contribution in [0.2, 0.25) is 0 Å². The van der Waals surface area contributed by atoms with Crippen LogP contribution in [0.1, 0.15) is 41.7 Å². The molecule has 2 aromatic heterocycles. The number of benzene rings is 1. The number of aryl methyl sites for hydroxylation is 3. The molecule has 146 valence electrons. The maximum atomic E-state index is 11.3. The third-order valence-corrected chi connectivity index (χ3v) is 7.35. The van der Waals surface area contributed by atoms with Crippen molar-refractivity contribution in [1.29, 1.82) is 0 Å². The number of esters is 1. The van der Waals surface area contributed by atoms with Crippen LogP contribution in [-0.4, -0.2) is 28.8 Å². The van der Waals surface area contributed by atoms with Crippen LogP contribution in [0, 0.1) is 6.92 Å². The summed E-state index contributed by atoms with van der Waals surface area (Å²) in [5, 5.41) is 2.16. The van der Waals surface area contributed by atoms with Gasteiger partial charge in [-0.2, -0.15) is 0 Å². The van der Waals surface area contributed by atoms with Crippen LogP contribution in [0.15, 0.2) is 29.6 Å². The van der Waals surface area contributed by atoms with E-state index in [2.05, 4.69) is 35.1 Å². The third kappa shape index (κ3) is 3.94. The fourth-order valence-corrected chi connectivity index (χ4v) is 5.88. The van der Waals surface area contributed by atoms with Crippen molar-refractivity contribution in [3.63, 3.8) is 0 Å². The van der Waals surface area contributed by atoms with Crippen molar-refractivity contribution in [1.82, 2.24) is 9.97 Å². The topological polar surface area (TPSA) is 52.1 Å². The molecule has 0 N–H and O–H groups in total. The maximum Gasteiger partial charge on any atom is 0.305 e. The normalized spacial score (nSPS) is 13.5. The zero-order valence-corrected chi connectivity index (χ0v) is 17.9. The summed E-state index contributed by atoms with van der Waals surface area (Å²) in [5.74, 6) is 0.675. The number of methoxy groups -OCH3 is 1. The summed E-state index contributed by atoms with van der Waals surface area (Å²) >= 11 is 3.44. The molecule has 6 heteroatoms. The van der Waals surface area contributed by atoms with Gasteiger partial charge >= 0.3 is 5.97 Å². The van der Waals surface area contributed by atoms with Gasteiger partial charge in [-0.3, -0.25) is 4.79 Å². The van der Waals surface area contributed by atoms with E-state index in [-0.39, 0.29) is 5.97 Å². The molecule has 4 rings (SSSR count). The lowest BCUT2D eigenvalue weighted by Gasteiger charge is -2.17. The minimum absolute atomic E-state index is 0.158. The van der Waals surface area contributed by atoms with Gasteiger partial charge in [0.05, 0.1) is 12.5 Å². The molecule has 0 amide bonds. The Morgan fingerprint density at radius 3 is 2.86 bits per heavy atom. The molecule has 0 spiro atoms. The summed E-state index contributed by atoms with van der Waals surface area (Å²) in [4.78, 5) is 22.8. The minimum atomic E-state index is -0.158. The zero-order chi connectivity index (χ0) is 19.5. The summed E-state index contributed by atoms with van der Waals surface area (Å²) in [6.07, 6.45) is 7.83. The Kier molecular flexibility index (Phi) is 5.97. The predicted molar refractivity (Wildman–Crippen MR) is 116 cm³/mol. The summed E-state index contributed by atoms with van der Waals surface area (Å²) in [7, 11) is 1.43. The number of hydrogen-bond donors (Lipinski definition) is 0. The summed E-state index contributed by atoms with van der Waals surface area (Å²) < 4.78 is 4.73. The number of ether oxygens (including phenoxy) is 1. The Morgan fingerprint density at radius 1 is 1.21 bits per heavy atom. The van der Waals surface area contributed by atoms with Crippen LogP contribution in [-0.2, 0) is 22.4 Å².